The summed E-state index contributed by atoms with van der Waals surface area (Å²) >= 11 is 0. The number of hydrogen-bond donors (Lipinski definition) is 2. The number of carbonyl (C=O) groups is 1. The van der Waals surface area contributed by atoms with Crippen LogP contribution in [0.3, 0.4) is 0 Å². The Hall–Kier alpha value is -1.55. The van der Waals surface area contributed by atoms with E-state index >= 15 is 0 Å². The van der Waals surface area contributed by atoms with Crippen LogP contribution in [0.25, 0.3) is 0 Å². The zero-order valence-electron chi connectivity index (χ0n) is 13.3. The van der Waals surface area contributed by atoms with Gasteiger partial charge in [-0.2, -0.15) is 0 Å². The first kappa shape index (κ1) is 15.8. The van der Waals surface area contributed by atoms with Crippen LogP contribution in [0, 0.1) is 11.3 Å². The predicted molar refractivity (Wildman–Crippen MR) is 84.0 cm³/mol. The van der Waals surface area contributed by atoms with Crippen molar-refractivity contribution in [2.75, 3.05) is 7.11 Å². The average Bonchev–Trinajstić information content (AvgIpc) is 3.27. The summed E-state index contributed by atoms with van der Waals surface area (Å²) in [5, 5.41) is 3.13. The monoisotopic (exact) mass is 290 g/mol. The summed E-state index contributed by atoms with van der Waals surface area (Å²) < 4.78 is 5.18. The Morgan fingerprint density at radius 2 is 1.86 bits per heavy atom. The number of methoxy groups -OCH3 is 1. The molecule has 1 fully saturated rings. The molecule has 0 bridgehead atoms. The van der Waals surface area contributed by atoms with Crippen LogP contribution in [0.2, 0.25) is 0 Å². The second-order valence-corrected chi connectivity index (χ2v) is 6.94. The first-order valence-electron chi connectivity index (χ1n) is 7.53. The second kappa shape index (κ2) is 6.06. The molecule has 0 aliphatic heterocycles. The third-order valence-electron chi connectivity index (χ3n) is 4.08. The minimum atomic E-state index is -0.503. The molecule has 1 aliphatic carbocycles. The summed E-state index contributed by atoms with van der Waals surface area (Å²) in [6.45, 7) is 5.95. The van der Waals surface area contributed by atoms with Gasteiger partial charge in [0, 0.05) is 0 Å². The molecule has 1 saturated carbocycles. The fourth-order valence-electron chi connectivity index (χ4n) is 2.35. The number of carbonyl (C=O) groups excluding carboxylic acids is 1. The maximum absolute atomic E-state index is 12.4. The molecule has 2 atom stereocenters. The molecule has 1 aromatic carbocycles. The summed E-state index contributed by atoms with van der Waals surface area (Å²) in [5.41, 5.74) is 6.94. The third kappa shape index (κ3) is 3.97. The highest BCUT2D eigenvalue weighted by Gasteiger charge is 2.36. The van der Waals surface area contributed by atoms with E-state index in [1.54, 1.807) is 7.11 Å². The van der Waals surface area contributed by atoms with Crippen LogP contribution in [-0.4, -0.2) is 19.1 Å². The van der Waals surface area contributed by atoms with E-state index in [-0.39, 0.29) is 17.4 Å². The number of rotatable bonds is 5. The Kier molecular flexibility index (Phi) is 4.57. The molecular weight excluding hydrogens is 264 g/mol. The van der Waals surface area contributed by atoms with E-state index in [1.165, 1.54) is 0 Å². The van der Waals surface area contributed by atoms with Crippen molar-refractivity contribution in [1.29, 1.82) is 0 Å². The van der Waals surface area contributed by atoms with E-state index in [0.717, 1.165) is 24.2 Å². The predicted octanol–water partition coefficient (Wildman–Crippen LogP) is 2.64. The molecule has 0 spiro atoms. The van der Waals surface area contributed by atoms with E-state index in [4.69, 9.17) is 10.5 Å². The molecule has 0 radical (unpaired) electrons. The van der Waals surface area contributed by atoms with Crippen LogP contribution in [0.5, 0.6) is 5.75 Å². The van der Waals surface area contributed by atoms with Gasteiger partial charge in [-0.25, -0.2) is 0 Å². The lowest BCUT2D eigenvalue weighted by atomic mass is 9.86. The number of ether oxygens (including phenoxy) is 1. The van der Waals surface area contributed by atoms with Crippen molar-refractivity contribution in [1.82, 2.24) is 5.32 Å². The highest BCUT2D eigenvalue weighted by molar-refractivity contribution is 5.82. The number of hydrogen-bond acceptors (Lipinski definition) is 3. The summed E-state index contributed by atoms with van der Waals surface area (Å²) in [5.74, 6) is 1.27. The number of benzene rings is 1. The molecule has 1 aliphatic rings. The smallest absolute Gasteiger partial charge is 0.237 e. The fourth-order valence-corrected chi connectivity index (χ4v) is 2.35. The lowest BCUT2D eigenvalue weighted by Crippen LogP contribution is -2.49. The summed E-state index contributed by atoms with van der Waals surface area (Å²) in [6, 6.07) is 7.45. The number of nitrogens with one attached hydrogen (secondary N) is 1. The van der Waals surface area contributed by atoms with Crippen LogP contribution in [0.4, 0.5) is 0 Å². The minimum absolute atomic E-state index is 0.0526. The minimum Gasteiger partial charge on any atom is -0.497 e. The van der Waals surface area contributed by atoms with Crippen molar-refractivity contribution in [3.05, 3.63) is 29.8 Å². The molecule has 21 heavy (non-hydrogen) atoms. The number of nitrogens with two attached hydrogens (primary N) is 1. The molecule has 4 heteroatoms. The van der Waals surface area contributed by atoms with Crippen LogP contribution in [-0.2, 0) is 4.79 Å². The van der Waals surface area contributed by atoms with Gasteiger partial charge in [0.2, 0.25) is 5.91 Å². The Labute approximate surface area is 127 Å². The van der Waals surface area contributed by atoms with Gasteiger partial charge >= 0.3 is 0 Å². The maximum Gasteiger partial charge on any atom is 0.237 e. The van der Waals surface area contributed by atoms with Crippen molar-refractivity contribution in [2.24, 2.45) is 17.1 Å². The normalized spacial score (nSPS) is 18.0. The van der Waals surface area contributed by atoms with Gasteiger partial charge in [-0.15, -0.1) is 0 Å². The molecule has 0 heterocycles. The second-order valence-electron chi connectivity index (χ2n) is 6.94. The third-order valence-corrected chi connectivity index (χ3v) is 4.08. The van der Waals surface area contributed by atoms with Crippen molar-refractivity contribution < 1.29 is 9.53 Å². The highest BCUT2D eigenvalue weighted by Crippen LogP contribution is 2.41. The van der Waals surface area contributed by atoms with Gasteiger partial charge in [0.1, 0.15) is 5.75 Å². The van der Waals surface area contributed by atoms with Gasteiger partial charge in [0.15, 0.2) is 0 Å². The molecule has 4 nitrogen and oxygen atoms in total. The average molecular weight is 290 g/mol. The summed E-state index contributed by atoms with van der Waals surface area (Å²) in [7, 11) is 1.65. The van der Waals surface area contributed by atoms with Crippen LogP contribution >= 0.6 is 0 Å². The van der Waals surface area contributed by atoms with Crippen molar-refractivity contribution in [3.8, 4) is 5.75 Å². The van der Waals surface area contributed by atoms with Crippen LogP contribution in [0.15, 0.2) is 24.3 Å². The van der Waals surface area contributed by atoms with Crippen molar-refractivity contribution >= 4 is 5.91 Å². The van der Waals surface area contributed by atoms with E-state index in [2.05, 4.69) is 5.32 Å². The first-order chi connectivity index (χ1) is 9.82. The van der Waals surface area contributed by atoms with Crippen LogP contribution in [0.1, 0.15) is 45.2 Å². The lowest BCUT2D eigenvalue weighted by Gasteiger charge is -2.28. The van der Waals surface area contributed by atoms with Gasteiger partial charge in [-0.05, 0) is 41.9 Å². The molecule has 0 aromatic heterocycles. The van der Waals surface area contributed by atoms with Crippen molar-refractivity contribution in [3.63, 3.8) is 0 Å². The van der Waals surface area contributed by atoms with Gasteiger partial charge in [0.05, 0.1) is 19.2 Å². The van der Waals surface area contributed by atoms with E-state index in [0.29, 0.717) is 5.92 Å². The number of amides is 1. The molecular formula is C17H26N2O2. The highest BCUT2D eigenvalue weighted by atomic mass is 16.5. The molecule has 2 rings (SSSR count). The van der Waals surface area contributed by atoms with Gasteiger partial charge < -0.3 is 15.8 Å². The summed E-state index contributed by atoms with van der Waals surface area (Å²) in [6.07, 6.45) is 2.31. The van der Waals surface area contributed by atoms with E-state index in [9.17, 15) is 4.79 Å². The molecule has 116 valence electrons. The van der Waals surface area contributed by atoms with Gasteiger partial charge in [0.25, 0.3) is 0 Å². The Morgan fingerprint density at radius 1 is 1.29 bits per heavy atom. The zero-order valence-corrected chi connectivity index (χ0v) is 13.3. The topological polar surface area (TPSA) is 64.3 Å². The Morgan fingerprint density at radius 3 is 2.29 bits per heavy atom. The maximum atomic E-state index is 12.4. The molecule has 3 N–H and O–H groups in total. The molecule has 1 unspecified atom stereocenters. The van der Waals surface area contributed by atoms with Crippen LogP contribution < -0.4 is 15.8 Å². The largest absolute Gasteiger partial charge is 0.497 e. The molecule has 0 saturated heterocycles. The van der Waals surface area contributed by atoms with Crippen molar-refractivity contribution in [2.45, 2.75) is 45.7 Å². The van der Waals surface area contributed by atoms with E-state index < -0.39 is 6.04 Å². The SMILES string of the molecule is COc1ccc(C(NC(=O)[C@H](N)C(C)(C)C)C2CC2)cc1. The quantitative estimate of drug-likeness (QED) is 0.876. The first-order valence-corrected chi connectivity index (χ1v) is 7.53. The summed E-state index contributed by atoms with van der Waals surface area (Å²) in [4.78, 5) is 12.4. The van der Waals surface area contributed by atoms with Gasteiger partial charge in [-0.1, -0.05) is 32.9 Å². The Balaban J connectivity index is 2.10. The fraction of sp³-hybridized carbons (Fsp3) is 0.588. The Bertz CT molecular complexity index is 487. The zero-order chi connectivity index (χ0) is 15.6. The van der Waals surface area contributed by atoms with E-state index in [1.807, 2.05) is 45.0 Å². The molecule has 1 aromatic rings. The lowest BCUT2D eigenvalue weighted by molar-refractivity contribution is -0.125. The standard InChI is InChI=1S/C17H26N2O2/c1-17(2,3)15(18)16(20)19-14(11-5-6-11)12-7-9-13(21-4)10-8-12/h7-11,14-15H,5-6,18H2,1-4H3,(H,19,20)/t14?,15-/m0/s1. The molecule has 1 amide bonds. The van der Waals surface area contributed by atoms with Gasteiger partial charge in [-0.3, -0.25) is 4.79 Å².